The summed E-state index contributed by atoms with van der Waals surface area (Å²) >= 11 is 0. The van der Waals surface area contributed by atoms with Crippen molar-refractivity contribution in [3.8, 4) is 23.3 Å². The number of hydrogen-bond acceptors (Lipinski definition) is 5. The molecule has 5 nitrogen and oxygen atoms in total. The van der Waals surface area contributed by atoms with Crippen molar-refractivity contribution < 1.29 is 9.26 Å². The normalized spacial score (nSPS) is 15.3. The third kappa shape index (κ3) is 5.23. The van der Waals surface area contributed by atoms with Gasteiger partial charge in [0.2, 0.25) is 5.82 Å². The van der Waals surface area contributed by atoms with Crippen LogP contribution in [0, 0.1) is 11.3 Å². The summed E-state index contributed by atoms with van der Waals surface area (Å²) in [6.07, 6.45) is 7.04. The molecule has 0 amide bonds. The fraction of sp³-hybridized carbons (Fsp3) is 0.375. The Morgan fingerprint density at radius 3 is 2.66 bits per heavy atom. The van der Waals surface area contributed by atoms with Gasteiger partial charge in [-0.1, -0.05) is 43.3 Å². The first-order valence-corrected chi connectivity index (χ1v) is 10.1. The van der Waals surface area contributed by atoms with Crippen LogP contribution in [0.25, 0.3) is 17.0 Å². The van der Waals surface area contributed by atoms with Crippen molar-refractivity contribution in [3.05, 3.63) is 59.5 Å². The molecule has 152 valence electrons. The number of nitriles is 1. The lowest BCUT2D eigenvalue weighted by Gasteiger charge is -2.11. The molecule has 1 heterocycles. The van der Waals surface area contributed by atoms with E-state index in [1.54, 1.807) is 12.1 Å². The lowest BCUT2D eigenvalue weighted by Crippen LogP contribution is -2.06. The Morgan fingerprint density at radius 1 is 1.31 bits per heavy atom. The van der Waals surface area contributed by atoms with Crippen molar-refractivity contribution in [3.63, 3.8) is 0 Å². The number of allylic oxidation sites excluding steroid dienone is 5. The Labute approximate surface area is 173 Å². The number of hydrogen-bond donors (Lipinski definition) is 0. The van der Waals surface area contributed by atoms with Crippen LogP contribution < -0.4 is 4.74 Å². The minimum atomic E-state index is -0.00696. The van der Waals surface area contributed by atoms with Gasteiger partial charge in [0.05, 0.1) is 11.7 Å². The lowest BCUT2D eigenvalue weighted by atomic mass is 10.0. The summed E-state index contributed by atoms with van der Waals surface area (Å²) in [6, 6.07) is 7.47. The molecule has 0 atom stereocenters. The highest BCUT2D eigenvalue weighted by atomic mass is 16.5. The molecule has 5 heteroatoms. The molecule has 1 aromatic heterocycles. The van der Waals surface area contributed by atoms with Gasteiger partial charge in [-0.05, 0) is 63.8 Å². The highest BCUT2D eigenvalue weighted by Crippen LogP contribution is 2.36. The second-order valence-electron chi connectivity index (χ2n) is 6.76. The van der Waals surface area contributed by atoms with Crippen LogP contribution >= 0.6 is 0 Å². The summed E-state index contributed by atoms with van der Waals surface area (Å²) in [6.45, 7) is 14.0. The largest absolute Gasteiger partial charge is 0.490 e. The summed E-state index contributed by atoms with van der Waals surface area (Å²) in [5.74, 6) is 1.47. The first-order chi connectivity index (χ1) is 14.0. The summed E-state index contributed by atoms with van der Waals surface area (Å²) in [4.78, 5) is 4.57. The minimum absolute atomic E-state index is 0.00696. The van der Waals surface area contributed by atoms with Gasteiger partial charge in [0, 0.05) is 11.1 Å². The standard InChI is InChI=1S/C22H23N3O2.C2H6/c1-5-7-19(18-9-6-8-15(18)4)21-24-22(27-25-21)16-10-11-20(26-14(2)3)17(12-16)13-23;1-2/h5,7,10-12,14H,4,6,8-9H2,1-3H3;1-2H3/b7-5-,19-18+;. The van der Waals surface area contributed by atoms with Gasteiger partial charge in [-0.25, -0.2) is 0 Å². The molecule has 1 aliphatic carbocycles. The van der Waals surface area contributed by atoms with Crippen molar-refractivity contribution in [2.24, 2.45) is 0 Å². The number of ether oxygens (including phenoxy) is 1. The maximum absolute atomic E-state index is 9.42. The Morgan fingerprint density at radius 2 is 2.07 bits per heavy atom. The molecule has 0 N–H and O–H groups in total. The minimum Gasteiger partial charge on any atom is -0.490 e. The Kier molecular flexibility index (Phi) is 7.97. The SMILES string of the molecule is C=C1CCC/C1=C(/C=C\C)c1noc(-c2ccc(OC(C)C)c(C#N)c2)n1.CC. The van der Waals surface area contributed by atoms with Crippen molar-refractivity contribution in [1.82, 2.24) is 10.1 Å². The molecule has 2 aromatic rings. The second kappa shape index (κ2) is 10.4. The molecule has 0 spiro atoms. The first kappa shape index (κ1) is 22.2. The van der Waals surface area contributed by atoms with Gasteiger partial charge in [-0.3, -0.25) is 0 Å². The highest BCUT2D eigenvalue weighted by molar-refractivity contribution is 5.77. The number of aromatic nitrogens is 2. The summed E-state index contributed by atoms with van der Waals surface area (Å²) < 4.78 is 11.2. The lowest BCUT2D eigenvalue weighted by molar-refractivity contribution is 0.242. The topological polar surface area (TPSA) is 71.9 Å². The van der Waals surface area contributed by atoms with Crippen LogP contribution in [0.5, 0.6) is 5.75 Å². The number of nitrogens with zero attached hydrogens (tertiary/aromatic N) is 3. The van der Waals surface area contributed by atoms with Gasteiger partial charge in [-0.15, -0.1) is 0 Å². The van der Waals surface area contributed by atoms with Crippen LogP contribution in [0.15, 0.2) is 52.6 Å². The van der Waals surface area contributed by atoms with Gasteiger partial charge in [0.15, 0.2) is 0 Å². The molecule has 1 fully saturated rings. The first-order valence-electron chi connectivity index (χ1n) is 10.1. The van der Waals surface area contributed by atoms with Crippen LogP contribution in [-0.4, -0.2) is 16.2 Å². The number of rotatable bonds is 5. The summed E-state index contributed by atoms with van der Waals surface area (Å²) in [7, 11) is 0. The maximum atomic E-state index is 9.42. The van der Waals surface area contributed by atoms with Crippen LogP contribution in [0.4, 0.5) is 0 Å². The quantitative estimate of drug-likeness (QED) is 0.582. The summed E-state index contributed by atoms with van der Waals surface area (Å²) in [5, 5.41) is 13.6. The smallest absolute Gasteiger partial charge is 0.258 e. The van der Waals surface area contributed by atoms with Gasteiger partial charge in [-0.2, -0.15) is 10.2 Å². The van der Waals surface area contributed by atoms with Crippen LogP contribution in [0.3, 0.4) is 0 Å². The molecular weight excluding hydrogens is 362 g/mol. The second-order valence-corrected chi connectivity index (χ2v) is 6.76. The molecule has 3 rings (SSSR count). The van der Waals surface area contributed by atoms with E-state index in [0.29, 0.717) is 28.6 Å². The maximum Gasteiger partial charge on any atom is 0.258 e. The fourth-order valence-electron chi connectivity index (χ4n) is 3.17. The van der Waals surface area contributed by atoms with Crippen molar-refractivity contribution in [1.29, 1.82) is 5.26 Å². The Balaban J connectivity index is 0.00000145. The third-order valence-electron chi connectivity index (χ3n) is 4.37. The molecule has 1 aromatic carbocycles. The van der Waals surface area contributed by atoms with E-state index >= 15 is 0 Å². The Hall–Kier alpha value is -3.13. The zero-order valence-electron chi connectivity index (χ0n) is 18.0. The predicted octanol–water partition coefficient (Wildman–Crippen LogP) is 6.49. The average Bonchev–Trinajstić information content (AvgIpc) is 3.37. The molecule has 1 aliphatic rings. The molecule has 29 heavy (non-hydrogen) atoms. The zero-order chi connectivity index (χ0) is 21.4. The van der Waals surface area contributed by atoms with Gasteiger partial charge in [0.25, 0.3) is 5.89 Å². The van der Waals surface area contributed by atoms with Crippen molar-refractivity contribution in [2.45, 2.75) is 60.0 Å². The molecule has 1 saturated carbocycles. The van der Waals surface area contributed by atoms with E-state index in [-0.39, 0.29) is 6.10 Å². The van der Waals surface area contributed by atoms with Crippen LogP contribution in [0.2, 0.25) is 0 Å². The van der Waals surface area contributed by atoms with E-state index in [9.17, 15) is 5.26 Å². The molecule has 0 aliphatic heterocycles. The molecule has 0 saturated heterocycles. The Bertz CT molecular complexity index is 959. The van der Waals surface area contributed by atoms with E-state index in [4.69, 9.17) is 9.26 Å². The number of benzene rings is 1. The van der Waals surface area contributed by atoms with E-state index in [1.807, 2.05) is 52.8 Å². The third-order valence-corrected chi connectivity index (χ3v) is 4.37. The predicted molar refractivity (Wildman–Crippen MR) is 116 cm³/mol. The fourth-order valence-corrected chi connectivity index (χ4v) is 3.17. The average molecular weight is 392 g/mol. The van der Waals surface area contributed by atoms with Gasteiger partial charge in [0.1, 0.15) is 11.8 Å². The molecule has 0 unspecified atom stereocenters. The monoisotopic (exact) mass is 391 g/mol. The van der Waals surface area contributed by atoms with Gasteiger partial charge < -0.3 is 9.26 Å². The zero-order valence-corrected chi connectivity index (χ0v) is 18.0. The van der Waals surface area contributed by atoms with E-state index in [0.717, 1.165) is 30.4 Å². The highest BCUT2D eigenvalue weighted by Gasteiger charge is 2.20. The van der Waals surface area contributed by atoms with E-state index in [1.165, 1.54) is 5.57 Å². The van der Waals surface area contributed by atoms with Crippen molar-refractivity contribution >= 4 is 5.57 Å². The van der Waals surface area contributed by atoms with Crippen LogP contribution in [-0.2, 0) is 0 Å². The van der Waals surface area contributed by atoms with Crippen LogP contribution in [0.1, 0.15) is 65.3 Å². The molecular formula is C24H29N3O2. The van der Waals surface area contributed by atoms with E-state index in [2.05, 4.69) is 22.8 Å². The van der Waals surface area contributed by atoms with E-state index < -0.39 is 0 Å². The van der Waals surface area contributed by atoms with Gasteiger partial charge >= 0.3 is 0 Å². The van der Waals surface area contributed by atoms with Crippen molar-refractivity contribution in [2.75, 3.05) is 0 Å². The summed E-state index contributed by atoms with van der Waals surface area (Å²) in [5.41, 5.74) is 4.42. The molecule has 0 radical (unpaired) electrons. The molecule has 0 bridgehead atoms.